The average Bonchev–Trinajstić information content (AvgIpc) is 3.10. The molecule has 4 aromatic rings. The smallest absolute Gasteiger partial charge is 0.359 e. The van der Waals surface area contributed by atoms with Crippen molar-refractivity contribution in [1.29, 1.82) is 0 Å². The van der Waals surface area contributed by atoms with Gasteiger partial charge >= 0.3 is 5.63 Å². The first-order valence-corrected chi connectivity index (χ1v) is 9.79. The lowest BCUT2D eigenvalue weighted by molar-refractivity contribution is 0.101. The summed E-state index contributed by atoms with van der Waals surface area (Å²) in [6.45, 7) is 3.07. The van der Waals surface area contributed by atoms with Crippen LogP contribution in [0.2, 0.25) is 0 Å². The molecule has 0 spiro atoms. The van der Waals surface area contributed by atoms with Gasteiger partial charge in [-0.05, 0) is 44.2 Å². The average molecular weight is 429 g/mol. The summed E-state index contributed by atoms with van der Waals surface area (Å²) in [5, 5.41) is 5.37. The maximum atomic E-state index is 13.3. The first-order chi connectivity index (χ1) is 15.4. The highest BCUT2D eigenvalue weighted by atomic mass is 16.4. The molecule has 2 N–H and O–H groups in total. The van der Waals surface area contributed by atoms with Crippen LogP contribution >= 0.6 is 0 Å². The van der Waals surface area contributed by atoms with E-state index >= 15 is 0 Å². The van der Waals surface area contributed by atoms with Gasteiger partial charge in [0.25, 0.3) is 11.5 Å². The largest absolute Gasteiger partial charge is 0.426 e. The van der Waals surface area contributed by atoms with Crippen LogP contribution in [0.3, 0.4) is 0 Å². The van der Waals surface area contributed by atoms with Gasteiger partial charge in [0.2, 0.25) is 5.78 Å². The number of aromatic amines is 1. The van der Waals surface area contributed by atoms with Crippen molar-refractivity contribution in [1.82, 2.24) is 9.78 Å². The molecule has 8 heteroatoms. The van der Waals surface area contributed by atoms with E-state index < -0.39 is 22.9 Å². The number of hydrogen-bond donors (Lipinski definition) is 2. The van der Waals surface area contributed by atoms with Gasteiger partial charge in [-0.3, -0.25) is 19.5 Å². The maximum absolute atomic E-state index is 13.3. The Bertz CT molecular complexity index is 1430. The summed E-state index contributed by atoms with van der Waals surface area (Å²) in [6, 6.07) is 18.4. The van der Waals surface area contributed by atoms with Gasteiger partial charge in [0.15, 0.2) is 0 Å². The van der Waals surface area contributed by atoms with Crippen LogP contribution in [-0.4, -0.2) is 21.5 Å². The molecule has 0 aliphatic carbocycles. The number of aromatic nitrogens is 2. The maximum Gasteiger partial charge on any atom is 0.359 e. The molecule has 8 nitrogen and oxygen atoms in total. The quantitative estimate of drug-likeness (QED) is 0.473. The molecule has 2 heterocycles. The van der Waals surface area contributed by atoms with Gasteiger partial charge < -0.3 is 9.73 Å². The molecule has 2 aromatic carbocycles. The minimum Gasteiger partial charge on any atom is -0.426 e. The summed E-state index contributed by atoms with van der Waals surface area (Å²) < 4.78 is 6.45. The third-order valence-corrected chi connectivity index (χ3v) is 4.98. The number of rotatable bonds is 5. The molecule has 0 aliphatic rings. The summed E-state index contributed by atoms with van der Waals surface area (Å²) in [5.74, 6) is -1.09. The van der Waals surface area contributed by atoms with Crippen LogP contribution in [-0.2, 0) is 0 Å². The first kappa shape index (κ1) is 20.8. The van der Waals surface area contributed by atoms with Crippen LogP contribution < -0.4 is 16.5 Å². The molecule has 1 amide bonds. The van der Waals surface area contributed by atoms with E-state index in [1.165, 1.54) is 17.7 Å². The fourth-order valence-corrected chi connectivity index (χ4v) is 3.36. The van der Waals surface area contributed by atoms with E-state index in [4.69, 9.17) is 4.42 Å². The number of para-hydroxylation sites is 1. The SMILES string of the molecule is Cc1[nH]n(-c2ccccc2)c(=O)c1C(=O)c1cc(NC(=O)c2ccccc2)c(=O)oc1C. The zero-order valence-electron chi connectivity index (χ0n) is 17.3. The predicted octanol–water partition coefficient (Wildman–Crippen LogP) is 3.22. The topological polar surface area (TPSA) is 114 Å². The van der Waals surface area contributed by atoms with E-state index in [0.717, 1.165) is 0 Å². The van der Waals surface area contributed by atoms with Crippen LogP contribution in [0.5, 0.6) is 0 Å². The van der Waals surface area contributed by atoms with Crippen LogP contribution in [0.15, 0.2) is 80.7 Å². The van der Waals surface area contributed by atoms with Crippen molar-refractivity contribution in [3.8, 4) is 5.69 Å². The molecule has 4 rings (SSSR count). The second kappa shape index (κ2) is 8.35. The molecule has 0 radical (unpaired) electrons. The van der Waals surface area contributed by atoms with Gasteiger partial charge in [0.05, 0.1) is 11.3 Å². The fourth-order valence-electron chi connectivity index (χ4n) is 3.36. The highest BCUT2D eigenvalue weighted by Crippen LogP contribution is 2.18. The van der Waals surface area contributed by atoms with E-state index in [0.29, 0.717) is 16.9 Å². The van der Waals surface area contributed by atoms with Crippen molar-refractivity contribution in [3.63, 3.8) is 0 Å². The third kappa shape index (κ3) is 3.81. The third-order valence-electron chi connectivity index (χ3n) is 4.98. The Morgan fingerprint density at radius 2 is 1.56 bits per heavy atom. The summed E-state index contributed by atoms with van der Waals surface area (Å²) in [6.07, 6.45) is 0. The summed E-state index contributed by atoms with van der Waals surface area (Å²) in [7, 11) is 0. The van der Waals surface area contributed by atoms with Crippen LogP contribution in [0.1, 0.15) is 37.7 Å². The number of H-pyrrole nitrogens is 1. The van der Waals surface area contributed by atoms with E-state index in [-0.39, 0.29) is 22.6 Å². The van der Waals surface area contributed by atoms with Crippen molar-refractivity contribution >= 4 is 17.4 Å². The van der Waals surface area contributed by atoms with Gasteiger partial charge in [-0.25, -0.2) is 9.48 Å². The second-order valence-electron chi connectivity index (χ2n) is 7.15. The van der Waals surface area contributed by atoms with E-state index in [9.17, 15) is 19.2 Å². The van der Waals surface area contributed by atoms with Gasteiger partial charge in [-0.15, -0.1) is 0 Å². The summed E-state index contributed by atoms with van der Waals surface area (Å²) in [5.41, 5.74) is -0.304. The highest BCUT2D eigenvalue weighted by Gasteiger charge is 2.24. The van der Waals surface area contributed by atoms with Crippen LogP contribution in [0, 0.1) is 13.8 Å². The van der Waals surface area contributed by atoms with Crippen LogP contribution in [0.4, 0.5) is 5.69 Å². The van der Waals surface area contributed by atoms with Crippen molar-refractivity contribution in [3.05, 3.63) is 116 Å². The minimum atomic E-state index is -0.796. The molecule has 0 unspecified atom stereocenters. The van der Waals surface area contributed by atoms with Gasteiger partial charge in [0, 0.05) is 11.3 Å². The van der Waals surface area contributed by atoms with E-state index in [1.54, 1.807) is 61.5 Å². The molecule has 160 valence electrons. The molecule has 0 saturated carbocycles. The Balaban J connectivity index is 1.73. The normalized spacial score (nSPS) is 10.7. The van der Waals surface area contributed by atoms with E-state index in [2.05, 4.69) is 10.4 Å². The lowest BCUT2D eigenvalue weighted by atomic mass is 10.0. The fraction of sp³-hybridized carbons (Fsp3) is 0.0833. The number of aryl methyl sites for hydroxylation is 2. The number of amides is 1. The number of nitrogens with zero attached hydrogens (tertiary/aromatic N) is 1. The zero-order valence-corrected chi connectivity index (χ0v) is 17.3. The number of benzene rings is 2. The minimum absolute atomic E-state index is 0.00683. The predicted molar refractivity (Wildman–Crippen MR) is 119 cm³/mol. The number of carbonyl (C=O) groups excluding carboxylic acids is 2. The van der Waals surface area contributed by atoms with Crippen molar-refractivity contribution in [2.24, 2.45) is 0 Å². The standard InChI is InChI=1S/C24H19N3O5/c1-14-20(23(30)27(26-14)17-11-7-4-8-12-17)21(28)18-13-19(24(31)32-15(18)2)25-22(29)16-9-5-3-6-10-16/h3-13,26H,1-2H3,(H,25,29). The van der Waals surface area contributed by atoms with Crippen molar-refractivity contribution in [2.75, 3.05) is 5.32 Å². The molecule has 0 bridgehead atoms. The Labute approximate surface area is 182 Å². The van der Waals surface area contributed by atoms with Gasteiger partial charge in [-0.1, -0.05) is 36.4 Å². The monoisotopic (exact) mass is 429 g/mol. The Morgan fingerprint density at radius 1 is 0.938 bits per heavy atom. The molecule has 2 aromatic heterocycles. The molecule has 0 atom stereocenters. The Morgan fingerprint density at radius 3 is 2.22 bits per heavy atom. The highest BCUT2D eigenvalue weighted by molar-refractivity contribution is 6.11. The molecule has 0 fully saturated rings. The Hall–Kier alpha value is -4.46. The second-order valence-corrected chi connectivity index (χ2v) is 7.15. The number of ketones is 1. The Kier molecular flexibility index (Phi) is 5.43. The molecule has 0 aliphatic heterocycles. The summed E-state index contributed by atoms with van der Waals surface area (Å²) >= 11 is 0. The zero-order chi connectivity index (χ0) is 22.8. The number of anilines is 1. The van der Waals surface area contributed by atoms with Gasteiger partial charge in [-0.2, -0.15) is 0 Å². The van der Waals surface area contributed by atoms with E-state index in [1.807, 2.05) is 6.07 Å². The lowest BCUT2D eigenvalue weighted by Crippen LogP contribution is -2.23. The van der Waals surface area contributed by atoms with Crippen LogP contribution in [0.25, 0.3) is 5.69 Å². The number of nitrogens with one attached hydrogen (secondary N) is 2. The van der Waals surface area contributed by atoms with Crippen molar-refractivity contribution in [2.45, 2.75) is 13.8 Å². The molecule has 32 heavy (non-hydrogen) atoms. The number of hydrogen-bond acceptors (Lipinski definition) is 5. The van der Waals surface area contributed by atoms with Gasteiger partial charge in [0.1, 0.15) is 17.0 Å². The molecular formula is C24H19N3O5. The molecular weight excluding hydrogens is 410 g/mol. The first-order valence-electron chi connectivity index (χ1n) is 9.79. The number of carbonyl (C=O) groups is 2. The summed E-state index contributed by atoms with van der Waals surface area (Å²) in [4.78, 5) is 51.0. The lowest BCUT2D eigenvalue weighted by Gasteiger charge is -2.08. The molecule has 0 saturated heterocycles. The van der Waals surface area contributed by atoms with Crippen molar-refractivity contribution < 1.29 is 14.0 Å².